The second-order valence-corrected chi connectivity index (χ2v) is 3.40. The number of carbonyl (C=O) groups is 1. The number of esters is 1. The van der Waals surface area contributed by atoms with Crippen LogP contribution in [0.1, 0.15) is 0 Å². The number of hydrogen-bond acceptors (Lipinski definition) is 3. The molecule has 1 saturated heterocycles. The van der Waals surface area contributed by atoms with Crippen LogP contribution in [0.25, 0.3) is 0 Å². The minimum Gasteiger partial charge on any atom is -0.461 e. The fraction of sp³-hybridized carbons (Fsp3) is 0.571. The first kappa shape index (κ1) is 8.74. The van der Waals surface area contributed by atoms with Gasteiger partial charge in [0.05, 0.1) is 17.5 Å². The van der Waals surface area contributed by atoms with Gasteiger partial charge in [-0.2, -0.15) is 0 Å². The number of epoxide rings is 1. The molecular formula is C7H9BrO3. The SMILES string of the molecule is C=CC(=O)OCC(Br)C1CO1. The van der Waals surface area contributed by atoms with E-state index in [1.54, 1.807) is 0 Å². The van der Waals surface area contributed by atoms with E-state index in [0.29, 0.717) is 6.61 Å². The van der Waals surface area contributed by atoms with Gasteiger partial charge in [-0.25, -0.2) is 4.79 Å². The molecule has 0 saturated carbocycles. The highest BCUT2D eigenvalue weighted by molar-refractivity contribution is 9.09. The molecule has 0 bridgehead atoms. The van der Waals surface area contributed by atoms with Crippen molar-refractivity contribution < 1.29 is 14.3 Å². The highest BCUT2D eigenvalue weighted by Crippen LogP contribution is 2.20. The molecule has 1 heterocycles. The van der Waals surface area contributed by atoms with Crippen molar-refractivity contribution in [2.75, 3.05) is 13.2 Å². The van der Waals surface area contributed by atoms with Gasteiger partial charge in [-0.15, -0.1) is 0 Å². The molecular weight excluding hydrogens is 212 g/mol. The smallest absolute Gasteiger partial charge is 0.330 e. The van der Waals surface area contributed by atoms with Gasteiger partial charge in [-0.3, -0.25) is 0 Å². The first-order valence-electron chi connectivity index (χ1n) is 3.29. The zero-order valence-electron chi connectivity index (χ0n) is 5.96. The van der Waals surface area contributed by atoms with E-state index in [1.807, 2.05) is 0 Å². The molecule has 11 heavy (non-hydrogen) atoms. The molecule has 2 atom stereocenters. The molecule has 0 radical (unpaired) electrons. The van der Waals surface area contributed by atoms with Crippen molar-refractivity contribution in [1.29, 1.82) is 0 Å². The van der Waals surface area contributed by atoms with Gasteiger partial charge in [0.15, 0.2) is 0 Å². The largest absolute Gasteiger partial charge is 0.461 e. The molecule has 4 heteroatoms. The Kier molecular flexibility index (Phi) is 3.08. The van der Waals surface area contributed by atoms with Gasteiger partial charge >= 0.3 is 5.97 Å². The normalized spacial score (nSPS) is 23.9. The van der Waals surface area contributed by atoms with Gasteiger partial charge in [0, 0.05) is 6.08 Å². The second kappa shape index (κ2) is 3.88. The quantitative estimate of drug-likeness (QED) is 0.306. The van der Waals surface area contributed by atoms with E-state index in [9.17, 15) is 4.79 Å². The molecule has 1 aliphatic rings. The van der Waals surface area contributed by atoms with Crippen LogP contribution in [0, 0.1) is 0 Å². The zero-order chi connectivity index (χ0) is 8.27. The summed E-state index contributed by atoms with van der Waals surface area (Å²) >= 11 is 3.33. The summed E-state index contributed by atoms with van der Waals surface area (Å²) < 4.78 is 9.74. The van der Waals surface area contributed by atoms with Crippen molar-refractivity contribution >= 4 is 21.9 Å². The predicted molar refractivity (Wildman–Crippen MR) is 43.6 cm³/mol. The van der Waals surface area contributed by atoms with Crippen LogP contribution in [0.4, 0.5) is 0 Å². The Labute approximate surface area is 73.5 Å². The van der Waals surface area contributed by atoms with Crippen molar-refractivity contribution in [3.05, 3.63) is 12.7 Å². The van der Waals surface area contributed by atoms with Crippen LogP contribution in [-0.4, -0.2) is 30.1 Å². The minimum atomic E-state index is -0.393. The van der Waals surface area contributed by atoms with E-state index in [4.69, 9.17) is 9.47 Å². The lowest BCUT2D eigenvalue weighted by Crippen LogP contribution is -2.17. The molecule has 0 N–H and O–H groups in total. The summed E-state index contributed by atoms with van der Waals surface area (Å²) in [4.78, 5) is 10.7. The van der Waals surface area contributed by atoms with E-state index < -0.39 is 5.97 Å². The van der Waals surface area contributed by atoms with Crippen LogP contribution in [-0.2, 0) is 14.3 Å². The van der Waals surface area contributed by atoms with Gasteiger partial charge in [-0.05, 0) is 0 Å². The van der Waals surface area contributed by atoms with E-state index in [2.05, 4.69) is 22.5 Å². The fourth-order valence-corrected chi connectivity index (χ4v) is 1.03. The van der Waals surface area contributed by atoms with Gasteiger partial charge in [-0.1, -0.05) is 22.5 Å². The number of rotatable bonds is 4. The Morgan fingerprint density at radius 2 is 2.64 bits per heavy atom. The first-order chi connectivity index (χ1) is 5.24. The molecule has 62 valence electrons. The summed E-state index contributed by atoms with van der Waals surface area (Å²) in [7, 11) is 0. The van der Waals surface area contributed by atoms with Crippen LogP contribution < -0.4 is 0 Å². The van der Waals surface area contributed by atoms with Crippen molar-refractivity contribution in [2.45, 2.75) is 10.9 Å². The topological polar surface area (TPSA) is 38.8 Å². The summed E-state index contributed by atoms with van der Waals surface area (Å²) in [6.07, 6.45) is 1.36. The molecule has 0 aliphatic carbocycles. The lowest BCUT2D eigenvalue weighted by atomic mass is 10.3. The predicted octanol–water partition coefficient (Wildman–Crippen LogP) is 0.878. The van der Waals surface area contributed by atoms with Crippen LogP contribution in [0.3, 0.4) is 0 Å². The molecule has 2 unspecified atom stereocenters. The summed E-state index contributed by atoms with van der Waals surface area (Å²) in [6.45, 7) is 4.37. The fourth-order valence-electron chi connectivity index (χ4n) is 0.592. The van der Waals surface area contributed by atoms with Gasteiger partial charge in [0.25, 0.3) is 0 Å². The highest BCUT2D eigenvalue weighted by Gasteiger charge is 2.31. The summed E-state index contributed by atoms with van der Waals surface area (Å²) in [5.74, 6) is -0.393. The highest BCUT2D eigenvalue weighted by atomic mass is 79.9. The number of alkyl halides is 1. The maximum absolute atomic E-state index is 10.6. The third kappa shape index (κ3) is 3.03. The van der Waals surface area contributed by atoms with Gasteiger partial charge in [0.2, 0.25) is 0 Å². The molecule has 0 amide bonds. The summed E-state index contributed by atoms with van der Waals surface area (Å²) in [6, 6.07) is 0. The van der Waals surface area contributed by atoms with E-state index in [0.717, 1.165) is 12.7 Å². The van der Waals surface area contributed by atoms with E-state index in [1.165, 1.54) is 0 Å². The zero-order valence-corrected chi connectivity index (χ0v) is 7.54. The maximum Gasteiger partial charge on any atom is 0.330 e. The standard InChI is InChI=1S/C7H9BrO3/c1-2-7(9)11-3-5(8)6-4-10-6/h2,5-6H,1,3-4H2. The lowest BCUT2D eigenvalue weighted by molar-refractivity contribution is -0.137. The first-order valence-corrected chi connectivity index (χ1v) is 4.20. The Bertz CT molecular complexity index is 165. The van der Waals surface area contributed by atoms with Crippen LogP contribution in [0.2, 0.25) is 0 Å². The third-order valence-electron chi connectivity index (χ3n) is 1.31. The van der Waals surface area contributed by atoms with Crippen molar-refractivity contribution in [2.24, 2.45) is 0 Å². The van der Waals surface area contributed by atoms with E-state index >= 15 is 0 Å². The monoisotopic (exact) mass is 220 g/mol. The average Bonchev–Trinajstić information content (AvgIpc) is 2.81. The minimum absolute atomic E-state index is 0.117. The second-order valence-electron chi connectivity index (χ2n) is 2.22. The summed E-state index contributed by atoms with van der Waals surface area (Å²) in [5.41, 5.74) is 0. The number of ether oxygens (including phenoxy) is 2. The Morgan fingerprint density at radius 3 is 3.09 bits per heavy atom. The van der Waals surface area contributed by atoms with E-state index in [-0.39, 0.29) is 10.9 Å². The molecule has 3 nitrogen and oxygen atoms in total. The number of hydrogen-bond donors (Lipinski definition) is 0. The Hall–Kier alpha value is -0.350. The summed E-state index contributed by atoms with van der Waals surface area (Å²) in [5, 5.41) is 0. The average molecular weight is 221 g/mol. The molecule has 1 aliphatic heterocycles. The number of halogens is 1. The van der Waals surface area contributed by atoms with Crippen LogP contribution in [0.5, 0.6) is 0 Å². The molecule has 1 rings (SSSR count). The maximum atomic E-state index is 10.6. The van der Waals surface area contributed by atoms with Crippen molar-refractivity contribution in [3.8, 4) is 0 Å². The molecule has 0 aromatic carbocycles. The lowest BCUT2D eigenvalue weighted by Gasteiger charge is -2.05. The van der Waals surface area contributed by atoms with Gasteiger partial charge < -0.3 is 9.47 Å². The van der Waals surface area contributed by atoms with Crippen molar-refractivity contribution in [1.82, 2.24) is 0 Å². The Balaban J connectivity index is 2.09. The van der Waals surface area contributed by atoms with Gasteiger partial charge in [0.1, 0.15) is 6.61 Å². The van der Waals surface area contributed by atoms with Crippen LogP contribution in [0.15, 0.2) is 12.7 Å². The molecule has 1 fully saturated rings. The third-order valence-corrected chi connectivity index (χ3v) is 2.17. The molecule has 0 aromatic heterocycles. The molecule has 0 spiro atoms. The Morgan fingerprint density at radius 1 is 2.00 bits per heavy atom. The number of carbonyl (C=O) groups excluding carboxylic acids is 1. The molecule has 0 aromatic rings. The van der Waals surface area contributed by atoms with Crippen LogP contribution >= 0.6 is 15.9 Å². The van der Waals surface area contributed by atoms with Crippen molar-refractivity contribution in [3.63, 3.8) is 0 Å².